The maximum absolute atomic E-state index is 8.44. The maximum atomic E-state index is 8.44. The van der Waals surface area contributed by atoms with Crippen LogP contribution in [0.15, 0.2) is 6.20 Å². The molecule has 70 valence electrons. The van der Waals surface area contributed by atoms with Crippen LogP contribution in [0.4, 0.5) is 0 Å². The molecule has 3 nitrogen and oxygen atoms in total. The number of aromatic nitrogens is 2. The van der Waals surface area contributed by atoms with Gasteiger partial charge in [-0.15, -0.1) is 0 Å². The molecule has 0 radical (unpaired) electrons. The fourth-order valence-electron chi connectivity index (χ4n) is 1.41. The molecule has 0 N–H and O–H groups in total. The van der Waals surface area contributed by atoms with E-state index < -0.39 is 0 Å². The second kappa shape index (κ2) is 4.08. The van der Waals surface area contributed by atoms with Crippen molar-refractivity contribution in [2.75, 3.05) is 0 Å². The Bertz CT molecular complexity index is 317. The van der Waals surface area contributed by atoms with E-state index in [1.807, 2.05) is 10.9 Å². The molecule has 0 aromatic carbocycles. The second-order valence-electron chi connectivity index (χ2n) is 3.47. The van der Waals surface area contributed by atoms with E-state index in [1.165, 1.54) is 11.3 Å². The van der Waals surface area contributed by atoms with Gasteiger partial charge in [0.15, 0.2) is 0 Å². The Balaban J connectivity index is 2.81. The fourth-order valence-corrected chi connectivity index (χ4v) is 1.41. The van der Waals surface area contributed by atoms with Crippen LogP contribution in [0.3, 0.4) is 0 Å². The standard InChI is InChI=1S/C10H15N3/c1-8(2)10-7-12-13(9(10)3)6-4-5-11/h7-8H,4,6H2,1-3H3. The summed E-state index contributed by atoms with van der Waals surface area (Å²) in [5, 5.41) is 12.7. The highest BCUT2D eigenvalue weighted by Crippen LogP contribution is 2.17. The van der Waals surface area contributed by atoms with Crippen molar-refractivity contribution >= 4 is 0 Å². The molecule has 0 unspecified atom stereocenters. The first-order valence-electron chi connectivity index (χ1n) is 4.56. The molecule has 1 rings (SSSR count). The molecule has 0 amide bonds. The van der Waals surface area contributed by atoms with E-state index in [0.717, 1.165) is 0 Å². The first-order valence-corrected chi connectivity index (χ1v) is 4.56. The highest BCUT2D eigenvalue weighted by molar-refractivity contribution is 5.19. The molecule has 0 bridgehead atoms. The minimum absolute atomic E-state index is 0.510. The average Bonchev–Trinajstić information content (AvgIpc) is 2.43. The predicted molar refractivity (Wildman–Crippen MR) is 51.3 cm³/mol. The van der Waals surface area contributed by atoms with E-state index >= 15 is 0 Å². The average molecular weight is 177 g/mol. The van der Waals surface area contributed by atoms with Gasteiger partial charge in [-0.3, -0.25) is 4.68 Å². The van der Waals surface area contributed by atoms with Crippen molar-refractivity contribution in [3.8, 4) is 6.07 Å². The predicted octanol–water partition coefficient (Wildman–Crippen LogP) is 2.23. The molecule has 0 aliphatic rings. The summed E-state index contributed by atoms with van der Waals surface area (Å²) in [5.74, 6) is 0.510. The van der Waals surface area contributed by atoms with E-state index in [4.69, 9.17) is 5.26 Å². The van der Waals surface area contributed by atoms with Crippen molar-refractivity contribution in [2.24, 2.45) is 0 Å². The molecule has 0 aliphatic heterocycles. The highest BCUT2D eigenvalue weighted by Gasteiger charge is 2.08. The molecule has 1 aromatic heterocycles. The summed E-state index contributed by atoms with van der Waals surface area (Å²) in [4.78, 5) is 0. The molecular weight excluding hydrogens is 162 g/mol. The highest BCUT2D eigenvalue weighted by atomic mass is 15.3. The van der Waals surface area contributed by atoms with Gasteiger partial charge in [-0.1, -0.05) is 13.8 Å². The summed E-state index contributed by atoms with van der Waals surface area (Å²) in [6.07, 6.45) is 2.43. The Morgan fingerprint density at radius 3 is 2.77 bits per heavy atom. The summed E-state index contributed by atoms with van der Waals surface area (Å²) < 4.78 is 1.90. The topological polar surface area (TPSA) is 41.6 Å². The molecule has 0 saturated carbocycles. The van der Waals surface area contributed by atoms with Gasteiger partial charge in [0.1, 0.15) is 0 Å². The van der Waals surface area contributed by atoms with Crippen molar-refractivity contribution in [3.63, 3.8) is 0 Å². The van der Waals surface area contributed by atoms with Gasteiger partial charge in [-0.25, -0.2) is 0 Å². The Labute approximate surface area is 79.0 Å². The number of hydrogen-bond donors (Lipinski definition) is 0. The van der Waals surface area contributed by atoms with Crippen molar-refractivity contribution in [1.82, 2.24) is 9.78 Å². The lowest BCUT2D eigenvalue weighted by atomic mass is 10.1. The minimum Gasteiger partial charge on any atom is -0.269 e. The smallest absolute Gasteiger partial charge is 0.0641 e. The molecule has 3 heteroatoms. The van der Waals surface area contributed by atoms with Crippen molar-refractivity contribution in [2.45, 2.75) is 39.7 Å². The lowest BCUT2D eigenvalue weighted by Gasteiger charge is -2.04. The first kappa shape index (κ1) is 9.79. The van der Waals surface area contributed by atoms with Gasteiger partial charge in [0.05, 0.1) is 25.2 Å². The normalized spacial score (nSPS) is 10.4. The van der Waals surface area contributed by atoms with Crippen LogP contribution in [0, 0.1) is 18.3 Å². The summed E-state index contributed by atoms with van der Waals surface area (Å²) in [7, 11) is 0. The lowest BCUT2D eigenvalue weighted by molar-refractivity contribution is 0.608. The van der Waals surface area contributed by atoms with Crippen LogP contribution in [0.1, 0.15) is 37.4 Å². The third kappa shape index (κ3) is 2.09. The van der Waals surface area contributed by atoms with E-state index in [9.17, 15) is 0 Å². The first-order chi connectivity index (χ1) is 6.16. The largest absolute Gasteiger partial charge is 0.269 e. The van der Waals surface area contributed by atoms with Crippen molar-refractivity contribution in [1.29, 1.82) is 5.26 Å². The minimum atomic E-state index is 0.510. The van der Waals surface area contributed by atoms with E-state index in [-0.39, 0.29) is 0 Å². The van der Waals surface area contributed by atoms with Gasteiger partial charge in [-0.05, 0) is 18.4 Å². The summed E-state index contributed by atoms with van der Waals surface area (Å²) in [6.45, 7) is 7.06. The monoisotopic (exact) mass is 177 g/mol. The second-order valence-corrected chi connectivity index (χ2v) is 3.47. The van der Waals surface area contributed by atoms with Crippen LogP contribution in [0.2, 0.25) is 0 Å². The molecule has 0 aliphatic carbocycles. The molecule has 1 aromatic rings. The van der Waals surface area contributed by atoms with Crippen LogP contribution < -0.4 is 0 Å². The molecule has 0 saturated heterocycles. The van der Waals surface area contributed by atoms with Crippen LogP contribution in [0.25, 0.3) is 0 Å². The van der Waals surface area contributed by atoms with Crippen molar-refractivity contribution in [3.05, 3.63) is 17.5 Å². The number of hydrogen-bond acceptors (Lipinski definition) is 2. The maximum Gasteiger partial charge on any atom is 0.0641 e. The van der Waals surface area contributed by atoms with E-state index in [1.54, 1.807) is 0 Å². The summed E-state index contributed by atoms with van der Waals surface area (Å²) in [5.41, 5.74) is 2.46. The molecule has 0 spiro atoms. The van der Waals surface area contributed by atoms with Gasteiger partial charge in [0.2, 0.25) is 0 Å². The van der Waals surface area contributed by atoms with E-state index in [0.29, 0.717) is 18.9 Å². The number of nitriles is 1. The molecule has 0 atom stereocenters. The van der Waals surface area contributed by atoms with Gasteiger partial charge in [0.25, 0.3) is 0 Å². The van der Waals surface area contributed by atoms with Gasteiger partial charge in [0, 0.05) is 5.69 Å². The molecule has 1 heterocycles. The van der Waals surface area contributed by atoms with Crippen LogP contribution in [0.5, 0.6) is 0 Å². The molecule has 0 fully saturated rings. The number of aryl methyl sites for hydroxylation is 1. The van der Waals surface area contributed by atoms with Gasteiger partial charge in [-0.2, -0.15) is 10.4 Å². The Hall–Kier alpha value is -1.30. The van der Waals surface area contributed by atoms with Gasteiger partial charge < -0.3 is 0 Å². The van der Waals surface area contributed by atoms with E-state index in [2.05, 4.69) is 31.9 Å². The third-order valence-corrected chi connectivity index (χ3v) is 2.20. The SMILES string of the molecule is Cc1c(C(C)C)cnn1CCC#N. The quantitative estimate of drug-likeness (QED) is 0.710. The van der Waals surface area contributed by atoms with Crippen LogP contribution in [-0.2, 0) is 6.54 Å². The summed E-state index contributed by atoms with van der Waals surface area (Å²) >= 11 is 0. The summed E-state index contributed by atoms with van der Waals surface area (Å²) in [6, 6.07) is 2.12. The van der Waals surface area contributed by atoms with Gasteiger partial charge >= 0.3 is 0 Å². The number of rotatable bonds is 3. The van der Waals surface area contributed by atoms with Crippen molar-refractivity contribution < 1.29 is 0 Å². The zero-order valence-corrected chi connectivity index (χ0v) is 8.41. The van der Waals surface area contributed by atoms with Crippen LogP contribution >= 0.6 is 0 Å². The Morgan fingerprint density at radius 1 is 1.62 bits per heavy atom. The zero-order valence-electron chi connectivity index (χ0n) is 8.41. The molecular formula is C10H15N3. The molecule has 13 heavy (non-hydrogen) atoms. The zero-order chi connectivity index (χ0) is 9.84. The third-order valence-electron chi connectivity index (χ3n) is 2.20. The fraction of sp³-hybridized carbons (Fsp3) is 0.600. The van der Waals surface area contributed by atoms with Crippen LogP contribution in [-0.4, -0.2) is 9.78 Å². The lowest BCUT2D eigenvalue weighted by Crippen LogP contribution is -2.02. The Kier molecular flexibility index (Phi) is 3.07. The number of nitrogens with zero attached hydrogens (tertiary/aromatic N) is 3. The Morgan fingerprint density at radius 2 is 2.31 bits per heavy atom.